The molecule has 0 aliphatic carbocycles. The Morgan fingerprint density at radius 2 is 1.46 bits per heavy atom. The summed E-state index contributed by atoms with van der Waals surface area (Å²) in [6, 6.07) is 5.19. The van der Waals surface area contributed by atoms with Crippen molar-refractivity contribution in [1.82, 2.24) is 0 Å². The molecule has 0 unspecified atom stereocenters. The van der Waals surface area contributed by atoms with E-state index >= 15 is 0 Å². The predicted molar refractivity (Wildman–Crippen MR) is 98.2 cm³/mol. The summed E-state index contributed by atoms with van der Waals surface area (Å²) in [5, 5.41) is 9.24. The number of hydrogen-bond acceptors (Lipinski definition) is 4. The van der Waals surface area contributed by atoms with E-state index in [1.165, 1.54) is 0 Å². The van der Waals surface area contributed by atoms with Crippen LogP contribution >= 0.6 is 34.4 Å². The Morgan fingerprint density at radius 1 is 0.964 bits per heavy atom. The van der Waals surface area contributed by atoms with Gasteiger partial charge in [0.25, 0.3) is 0 Å². The molecule has 28 heavy (non-hydrogen) atoms. The number of carbonyl (C=O) groups excluding carboxylic acids is 1. The van der Waals surface area contributed by atoms with Gasteiger partial charge in [0.2, 0.25) is 0 Å². The van der Waals surface area contributed by atoms with E-state index in [4.69, 9.17) is 0 Å². The molecule has 2 aromatic rings. The van der Waals surface area contributed by atoms with Crippen molar-refractivity contribution in [2.75, 3.05) is 7.11 Å². The van der Waals surface area contributed by atoms with E-state index in [0.29, 0.717) is 23.9 Å². The lowest BCUT2D eigenvalue weighted by Gasteiger charge is -2.15. The average molecular weight is 532 g/mol. The first-order chi connectivity index (χ1) is 12.8. The van der Waals surface area contributed by atoms with Gasteiger partial charge in [0.15, 0.2) is 0 Å². The highest BCUT2D eigenvalue weighted by molar-refractivity contribution is 14.1. The van der Waals surface area contributed by atoms with Crippen LogP contribution in [-0.2, 0) is 14.8 Å². The molecule has 150 valence electrons. The molecule has 1 N–H and O–H groups in total. The largest absolute Gasteiger partial charge is 0.478 e. The lowest BCUT2D eigenvalue weighted by molar-refractivity contribution is -0.137. The van der Waals surface area contributed by atoms with E-state index in [9.17, 15) is 36.6 Å². The molecule has 0 bridgehead atoms. The van der Waals surface area contributed by atoms with Crippen LogP contribution < -0.4 is 0 Å². The Bertz CT molecular complexity index is 925. The Kier molecular flexibility index (Phi) is 6.58. The Hall–Kier alpha value is -1.89. The topological polar surface area (TPSA) is 63.6 Å². The summed E-state index contributed by atoms with van der Waals surface area (Å²) >= 11 is 1.53. The van der Waals surface area contributed by atoms with Crippen LogP contribution in [0.2, 0.25) is 0 Å². The highest BCUT2D eigenvalue weighted by Crippen LogP contribution is 2.40. The molecule has 0 aliphatic heterocycles. The Labute approximate surface area is 173 Å². The summed E-state index contributed by atoms with van der Waals surface area (Å²) in [5.74, 6) is -2.56. The second kappa shape index (κ2) is 8.23. The number of methoxy groups -OCH3 is 1. The van der Waals surface area contributed by atoms with Crippen LogP contribution in [0.15, 0.2) is 46.2 Å². The maximum absolute atomic E-state index is 13.5. The summed E-state index contributed by atoms with van der Waals surface area (Å²) < 4.78 is 66.8. The molecule has 0 fully saturated rings. The third-order valence-corrected chi connectivity index (χ3v) is 5.24. The molecule has 0 saturated heterocycles. The van der Waals surface area contributed by atoms with E-state index in [1.54, 1.807) is 0 Å². The average Bonchev–Trinajstić information content (AvgIpc) is 2.59. The van der Waals surface area contributed by atoms with Gasteiger partial charge in [0.05, 0.1) is 23.8 Å². The monoisotopic (exact) mass is 532 g/mol. The maximum Gasteiger partial charge on any atom is 0.416 e. The number of benzene rings is 2. The number of alkyl halides is 6. The number of halogens is 6. The van der Waals surface area contributed by atoms with Gasteiger partial charge in [-0.25, -0.2) is 9.59 Å². The van der Waals surface area contributed by atoms with E-state index in [1.807, 2.05) is 0 Å². The van der Waals surface area contributed by atoms with Gasteiger partial charge in [0, 0.05) is 37.9 Å². The van der Waals surface area contributed by atoms with E-state index in [0.717, 1.165) is 54.0 Å². The van der Waals surface area contributed by atoms with Crippen LogP contribution in [0.25, 0.3) is 0 Å². The van der Waals surface area contributed by atoms with Gasteiger partial charge in [-0.2, -0.15) is 22.0 Å². The number of rotatable bonds is 5. The number of ether oxygens (including phenoxy) is 1. The van der Waals surface area contributed by atoms with Gasteiger partial charge in [-0.3, -0.25) is 0 Å². The Morgan fingerprint density at radius 3 is 1.93 bits per heavy atom. The number of carboxylic acids is 1. The number of carbonyl (C=O) groups is 2. The lowest BCUT2D eigenvalue weighted by Crippen LogP contribution is -2.10. The minimum atomic E-state index is -4.74. The SMILES string of the molecule is COC(=O)c1cc(C(F)(F)I)ccc1Sc1ccc(C(F)(F)F)cc1C(=O)O. The van der Waals surface area contributed by atoms with Gasteiger partial charge in [-0.1, -0.05) is 17.8 Å². The molecule has 0 saturated carbocycles. The van der Waals surface area contributed by atoms with Gasteiger partial charge < -0.3 is 9.84 Å². The summed E-state index contributed by atoms with van der Waals surface area (Å²) in [6.45, 7) is 0. The zero-order valence-corrected chi connectivity index (χ0v) is 16.8. The van der Waals surface area contributed by atoms with Crippen molar-refractivity contribution < 1.29 is 41.4 Å². The lowest BCUT2D eigenvalue weighted by atomic mass is 10.1. The number of carboxylic acid groups (broad SMARTS) is 1. The molecule has 2 aromatic carbocycles. The van der Waals surface area contributed by atoms with Crippen LogP contribution in [0.1, 0.15) is 31.8 Å². The third kappa shape index (κ3) is 5.13. The molecule has 0 heterocycles. The molecule has 0 radical (unpaired) electrons. The third-order valence-electron chi connectivity index (χ3n) is 3.47. The quantitative estimate of drug-likeness (QED) is 0.228. The highest BCUT2D eigenvalue weighted by atomic mass is 127. The van der Waals surface area contributed by atoms with E-state index in [-0.39, 0.29) is 15.4 Å². The summed E-state index contributed by atoms with van der Waals surface area (Å²) in [4.78, 5) is 23.3. The summed E-state index contributed by atoms with van der Waals surface area (Å²) in [7, 11) is 1.03. The number of esters is 1. The van der Waals surface area contributed by atoms with Crippen LogP contribution in [0.5, 0.6) is 0 Å². The first kappa shape index (κ1) is 22.4. The smallest absolute Gasteiger partial charge is 0.416 e. The zero-order chi connectivity index (χ0) is 21.3. The molecular formula is C17H10F5IO4S. The van der Waals surface area contributed by atoms with Gasteiger partial charge >= 0.3 is 22.0 Å². The molecule has 0 aromatic heterocycles. The summed E-state index contributed by atoms with van der Waals surface area (Å²) in [5.41, 5.74) is -2.54. The maximum atomic E-state index is 13.5. The summed E-state index contributed by atoms with van der Waals surface area (Å²) in [6.07, 6.45) is -4.74. The van der Waals surface area contributed by atoms with Crippen molar-refractivity contribution in [3.8, 4) is 0 Å². The van der Waals surface area contributed by atoms with Crippen molar-refractivity contribution in [3.05, 3.63) is 58.7 Å². The number of hydrogen-bond donors (Lipinski definition) is 1. The van der Waals surface area contributed by atoms with Crippen LogP contribution in [-0.4, -0.2) is 24.2 Å². The molecule has 4 nitrogen and oxygen atoms in total. The van der Waals surface area contributed by atoms with Crippen molar-refractivity contribution in [3.63, 3.8) is 0 Å². The fraction of sp³-hybridized carbons (Fsp3) is 0.176. The van der Waals surface area contributed by atoms with Crippen LogP contribution in [0.4, 0.5) is 22.0 Å². The minimum absolute atomic E-state index is 0.0542. The van der Waals surface area contributed by atoms with Crippen LogP contribution in [0.3, 0.4) is 0 Å². The van der Waals surface area contributed by atoms with Crippen molar-refractivity contribution in [2.45, 2.75) is 19.9 Å². The highest BCUT2D eigenvalue weighted by Gasteiger charge is 2.32. The molecule has 0 amide bonds. The first-order valence-corrected chi connectivity index (χ1v) is 9.16. The van der Waals surface area contributed by atoms with Gasteiger partial charge in [-0.05, 0) is 30.3 Å². The van der Waals surface area contributed by atoms with Gasteiger partial charge in [0.1, 0.15) is 0 Å². The first-order valence-electron chi connectivity index (χ1n) is 7.26. The van der Waals surface area contributed by atoms with Crippen molar-refractivity contribution >= 4 is 46.3 Å². The zero-order valence-electron chi connectivity index (χ0n) is 13.8. The molecule has 2 rings (SSSR count). The minimum Gasteiger partial charge on any atom is -0.478 e. The fourth-order valence-corrected chi connectivity index (χ4v) is 3.50. The standard InChI is InChI=1S/C17H10F5IO4S/c1-27-15(26)11-7-9(17(21,22)23)3-5-13(11)28-12-4-2-8(16(18,19)20)6-10(12)14(24)25/h2-7H,1H3,(H,24,25). The van der Waals surface area contributed by atoms with Gasteiger partial charge in [-0.15, -0.1) is 0 Å². The molecular weight excluding hydrogens is 522 g/mol. The predicted octanol–water partition coefficient (Wildman–Crippen LogP) is 5.83. The second-order valence-corrected chi connectivity index (χ2v) is 7.75. The molecule has 0 atom stereocenters. The van der Waals surface area contributed by atoms with E-state index in [2.05, 4.69) is 4.74 Å². The van der Waals surface area contributed by atoms with Crippen LogP contribution in [0, 0.1) is 0 Å². The molecule has 0 aliphatic rings. The Balaban J connectivity index is 2.56. The fourth-order valence-electron chi connectivity index (χ4n) is 2.15. The van der Waals surface area contributed by atoms with Crippen molar-refractivity contribution in [1.29, 1.82) is 0 Å². The molecule has 11 heteroatoms. The number of aromatic carboxylic acids is 1. The van der Waals surface area contributed by atoms with Crippen molar-refractivity contribution in [2.24, 2.45) is 0 Å². The van der Waals surface area contributed by atoms with E-state index < -0.39 is 38.7 Å². The normalized spacial score (nSPS) is 12.0. The molecule has 0 spiro atoms. The second-order valence-electron chi connectivity index (χ2n) is 5.32.